The van der Waals surface area contributed by atoms with Gasteiger partial charge < -0.3 is 10.0 Å². The molecule has 1 aliphatic rings. The first-order valence-corrected chi connectivity index (χ1v) is 6.61. The Labute approximate surface area is 115 Å². The first-order chi connectivity index (χ1) is 9.66. The predicted octanol–water partition coefficient (Wildman–Crippen LogP) is 1.50. The van der Waals surface area contributed by atoms with Gasteiger partial charge in [0, 0.05) is 18.5 Å². The Kier molecular flexibility index (Phi) is 3.14. The number of hydrogen-bond acceptors (Lipinski definition) is 3. The summed E-state index contributed by atoms with van der Waals surface area (Å²) in [5, 5.41) is 16.6. The van der Waals surface area contributed by atoms with Gasteiger partial charge in [-0.1, -0.05) is 6.07 Å². The lowest BCUT2D eigenvalue weighted by Crippen LogP contribution is -2.42. The zero-order valence-corrected chi connectivity index (χ0v) is 10.9. The third kappa shape index (κ3) is 2.13. The molecule has 0 bridgehead atoms. The number of piperidine rings is 1. The van der Waals surface area contributed by atoms with E-state index in [0.717, 1.165) is 17.3 Å². The zero-order chi connectivity index (χ0) is 14.1. The van der Waals surface area contributed by atoms with Crippen molar-refractivity contribution < 1.29 is 14.7 Å². The van der Waals surface area contributed by atoms with E-state index in [0.29, 0.717) is 18.5 Å². The number of benzene rings is 1. The van der Waals surface area contributed by atoms with Crippen LogP contribution in [0.3, 0.4) is 0 Å². The molecule has 2 heterocycles. The lowest BCUT2D eigenvalue weighted by molar-refractivity contribution is -0.143. The van der Waals surface area contributed by atoms with E-state index in [4.69, 9.17) is 5.11 Å². The van der Waals surface area contributed by atoms with Crippen molar-refractivity contribution in [3.8, 4) is 0 Å². The molecule has 3 rings (SSSR count). The second-order valence-corrected chi connectivity index (χ2v) is 5.07. The van der Waals surface area contributed by atoms with Crippen LogP contribution < -0.4 is 0 Å². The zero-order valence-electron chi connectivity index (χ0n) is 10.9. The Hall–Kier alpha value is -2.37. The summed E-state index contributed by atoms with van der Waals surface area (Å²) in [5.41, 5.74) is 1.38. The van der Waals surface area contributed by atoms with Crippen molar-refractivity contribution in [3.63, 3.8) is 0 Å². The highest BCUT2D eigenvalue weighted by Crippen LogP contribution is 2.22. The van der Waals surface area contributed by atoms with Gasteiger partial charge >= 0.3 is 5.97 Å². The van der Waals surface area contributed by atoms with Gasteiger partial charge in [0.15, 0.2) is 0 Å². The van der Waals surface area contributed by atoms with E-state index in [1.807, 2.05) is 6.07 Å². The van der Waals surface area contributed by atoms with Crippen LogP contribution in [0.15, 0.2) is 24.4 Å². The maximum Gasteiger partial charge on any atom is 0.308 e. The minimum absolute atomic E-state index is 0.122. The van der Waals surface area contributed by atoms with Crippen LogP contribution in [-0.4, -0.2) is 45.2 Å². The second-order valence-electron chi connectivity index (χ2n) is 5.07. The fourth-order valence-electron chi connectivity index (χ4n) is 2.69. The van der Waals surface area contributed by atoms with Crippen LogP contribution in [0.2, 0.25) is 0 Å². The molecule has 0 spiro atoms. The van der Waals surface area contributed by atoms with E-state index in [2.05, 4.69) is 10.2 Å². The molecule has 1 amide bonds. The lowest BCUT2D eigenvalue weighted by Gasteiger charge is -2.30. The van der Waals surface area contributed by atoms with Gasteiger partial charge in [0.25, 0.3) is 5.91 Å². The first-order valence-electron chi connectivity index (χ1n) is 6.61. The number of carboxylic acids is 1. The lowest BCUT2D eigenvalue weighted by atomic mass is 9.97. The van der Waals surface area contributed by atoms with E-state index in [-0.39, 0.29) is 12.5 Å². The van der Waals surface area contributed by atoms with Crippen LogP contribution >= 0.6 is 0 Å². The SMILES string of the molecule is O=C(O)C1CCCN(C(=O)c2cccc3[nH]ncc23)C1. The molecule has 20 heavy (non-hydrogen) atoms. The van der Waals surface area contributed by atoms with Crippen molar-refractivity contribution in [1.29, 1.82) is 0 Å². The van der Waals surface area contributed by atoms with Crippen LogP contribution in [-0.2, 0) is 4.79 Å². The number of carbonyl (C=O) groups is 2. The van der Waals surface area contributed by atoms with Crippen molar-refractivity contribution in [2.45, 2.75) is 12.8 Å². The highest BCUT2D eigenvalue weighted by molar-refractivity contribution is 6.06. The number of nitrogens with one attached hydrogen (secondary N) is 1. The molecule has 1 atom stereocenters. The topological polar surface area (TPSA) is 86.3 Å². The van der Waals surface area contributed by atoms with Gasteiger partial charge in [-0.05, 0) is 25.0 Å². The van der Waals surface area contributed by atoms with Crippen molar-refractivity contribution in [2.75, 3.05) is 13.1 Å². The minimum Gasteiger partial charge on any atom is -0.481 e. The van der Waals surface area contributed by atoms with Crippen LogP contribution in [0.25, 0.3) is 10.9 Å². The van der Waals surface area contributed by atoms with Gasteiger partial charge in [-0.3, -0.25) is 14.7 Å². The molecule has 0 radical (unpaired) electrons. The standard InChI is InChI=1S/C14H15N3O3/c18-13(17-6-2-3-9(8-17)14(19)20)10-4-1-5-12-11(10)7-15-16-12/h1,4-5,7,9H,2-3,6,8H2,(H,15,16)(H,19,20). The quantitative estimate of drug-likeness (QED) is 0.868. The number of H-pyrrole nitrogens is 1. The molecule has 1 fully saturated rings. The Morgan fingerprint density at radius 3 is 3.05 bits per heavy atom. The number of fused-ring (bicyclic) bond motifs is 1. The number of aliphatic carboxylic acids is 1. The fraction of sp³-hybridized carbons (Fsp3) is 0.357. The first kappa shape index (κ1) is 12.7. The number of hydrogen-bond donors (Lipinski definition) is 2. The molecule has 6 nitrogen and oxygen atoms in total. The van der Waals surface area contributed by atoms with E-state index in [9.17, 15) is 9.59 Å². The number of rotatable bonds is 2. The number of carboxylic acid groups (broad SMARTS) is 1. The van der Waals surface area contributed by atoms with Crippen LogP contribution in [0, 0.1) is 5.92 Å². The van der Waals surface area contributed by atoms with Gasteiger partial charge in [-0.15, -0.1) is 0 Å². The Morgan fingerprint density at radius 2 is 2.25 bits per heavy atom. The monoisotopic (exact) mass is 273 g/mol. The molecule has 1 aliphatic heterocycles. The van der Waals surface area contributed by atoms with E-state index < -0.39 is 11.9 Å². The van der Waals surface area contributed by atoms with Crippen molar-refractivity contribution in [2.24, 2.45) is 5.92 Å². The molecule has 1 aromatic carbocycles. The molecule has 2 aromatic rings. The molecular formula is C14H15N3O3. The summed E-state index contributed by atoms with van der Waals surface area (Å²) in [6.45, 7) is 0.888. The summed E-state index contributed by atoms with van der Waals surface area (Å²) in [6, 6.07) is 5.41. The highest BCUT2D eigenvalue weighted by atomic mass is 16.4. The number of aromatic nitrogens is 2. The van der Waals surface area contributed by atoms with E-state index in [1.54, 1.807) is 23.2 Å². The summed E-state index contributed by atoms with van der Waals surface area (Å²) < 4.78 is 0. The third-order valence-electron chi connectivity index (χ3n) is 3.77. The minimum atomic E-state index is -0.830. The summed E-state index contributed by atoms with van der Waals surface area (Å²) >= 11 is 0. The maximum absolute atomic E-state index is 12.6. The fourth-order valence-corrected chi connectivity index (χ4v) is 2.69. The van der Waals surface area contributed by atoms with Gasteiger partial charge in [0.05, 0.1) is 23.2 Å². The van der Waals surface area contributed by atoms with Crippen LogP contribution in [0.1, 0.15) is 23.2 Å². The highest BCUT2D eigenvalue weighted by Gasteiger charge is 2.29. The predicted molar refractivity (Wildman–Crippen MR) is 72.4 cm³/mol. The second kappa shape index (κ2) is 4.96. The molecule has 2 N–H and O–H groups in total. The summed E-state index contributed by atoms with van der Waals surface area (Å²) in [7, 11) is 0. The normalized spacial score (nSPS) is 19.2. The molecule has 0 saturated carbocycles. The molecular weight excluding hydrogens is 258 g/mol. The number of carbonyl (C=O) groups excluding carboxylic acids is 1. The van der Waals surface area contributed by atoms with E-state index in [1.165, 1.54) is 0 Å². The molecule has 1 unspecified atom stereocenters. The number of nitrogens with zero attached hydrogens (tertiary/aromatic N) is 2. The number of aromatic amines is 1. The Bertz CT molecular complexity index is 664. The van der Waals surface area contributed by atoms with E-state index >= 15 is 0 Å². The number of amides is 1. The van der Waals surface area contributed by atoms with Crippen LogP contribution in [0.5, 0.6) is 0 Å². The molecule has 104 valence electrons. The average Bonchev–Trinajstić information content (AvgIpc) is 2.95. The van der Waals surface area contributed by atoms with Crippen molar-refractivity contribution in [1.82, 2.24) is 15.1 Å². The molecule has 1 aromatic heterocycles. The van der Waals surface area contributed by atoms with Gasteiger partial charge in [0.1, 0.15) is 0 Å². The van der Waals surface area contributed by atoms with Gasteiger partial charge in [-0.2, -0.15) is 5.10 Å². The van der Waals surface area contributed by atoms with Crippen LogP contribution in [0.4, 0.5) is 0 Å². The molecule has 6 heteroatoms. The summed E-state index contributed by atoms with van der Waals surface area (Å²) in [6.07, 6.45) is 2.99. The summed E-state index contributed by atoms with van der Waals surface area (Å²) in [4.78, 5) is 25.3. The van der Waals surface area contributed by atoms with Gasteiger partial charge in [-0.25, -0.2) is 0 Å². The van der Waals surface area contributed by atoms with Gasteiger partial charge in [0.2, 0.25) is 0 Å². The van der Waals surface area contributed by atoms with Crippen molar-refractivity contribution >= 4 is 22.8 Å². The molecule has 1 saturated heterocycles. The maximum atomic E-state index is 12.6. The largest absolute Gasteiger partial charge is 0.481 e. The van der Waals surface area contributed by atoms with Crippen molar-refractivity contribution in [3.05, 3.63) is 30.0 Å². The Balaban J connectivity index is 1.88. The smallest absolute Gasteiger partial charge is 0.308 e. The number of likely N-dealkylation sites (tertiary alicyclic amines) is 1. The molecule has 0 aliphatic carbocycles. The third-order valence-corrected chi connectivity index (χ3v) is 3.77. The summed E-state index contributed by atoms with van der Waals surface area (Å²) in [5.74, 6) is -1.41. The average molecular weight is 273 g/mol. The Morgan fingerprint density at radius 1 is 1.40 bits per heavy atom.